The number of aromatic nitrogens is 4. The zero-order valence-corrected chi connectivity index (χ0v) is 14.7. The number of carbonyl (C=O) groups excluding carboxylic acids is 1. The van der Waals surface area contributed by atoms with Crippen LogP contribution in [0.15, 0.2) is 46.5 Å². The predicted octanol–water partition coefficient (Wildman–Crippen LogP) is 2.49. The van der Waals surface area contributed by atoms with Gasteiger partial charge < -0.3 is 5.32 Å². The van der Waals surface area contributed by atoms with Crippen molar-refractivity contribution in [3.05, 3.63) is 52.4 Å². The van der Waals surface area contributed by atoms with Crippen molar-refractivity contribution in [3.63, 3.8) is 0 Å². The monoisotopic (exact) mass is 357 g/mol. The molecule has 2 N–H and O–H groups in total. The van der Waals surface area contributed by atoms with E-state index in [9.17, 15) is 9.59 Å². The molecule has 25 heavy (non-hydrogen) atoms. The lowest BCUT2D eigenvalue weighted by Gasteiger charge is -2.06. The molecule has 2 aromatic heterocycles. The van der Waals surface area contributed by atoms with Crippen molar-refractivity contribution < 1.29 is 4.79 Å². The van der Waals surface area contributed by atoms with E-state index < -0.39 is 0 Å². The fourth-order valence-electron chi connectivity index (χ4n) is 2.35. The van der Waals surface area contributed by atoms with E-state index in [1.165, 1.54) is 36.2 Å². The highest BCUT2D eigenvalue weighted by atomic mass is 32.2. The van der Waals surface area contributed by atoms with Gasteiger partial charge in [0, 0.05) is 18.0 Å². The van der Waals surface area contributed by atoms with Gasteiger partial charge in [-0.1, -0.05) is 37.2 Å². The number of thioether (sulfide) groups is 1. The number of fused-ring (bicyclic) bond motifs is 1. The largest absolute Gasteiger partial charge is 0.325 e. The van der Waals surface area contributed by atoms with Crippen LogP contribution in [0.3, 0.4) is 0 Å². The average Bonchev–Trinajstić information content (AvgIpc) is 3.01. The molecule has 8 heteroatoms. The molecule has 0 saturated carbocycles. The molecule has 0 spiro atoms. The number of hydrogen-bond acceptors (Lipinski definition) is 5. The van der Waals surface area contributed by atoms with Crippen molar-refractivity contribution in [1.29, 1.82) is 0 Å². The van der Waals surface area contributed by atoms with Crippen molar-refractivity contribution in [1.82, 2.24) is 19.6 Å². The molecule has 0 fully saturated rings. The minimum Gasteiger partial charge on any atom is -0.325 e. The normalized spacial score (nSPS) is 10.9. The molecule has 2 heterocycles. The van der Waals surface area contributed by atoms with Gasteiger partial charge in [-0.25, -0.2) is 0 Å². The van der Waals surface area contributed by atoms with E-state index in [4.69, 9.17) is 0 Å². The second-order valence-electron chi connectivity index (χ2n) is 5.62. The van der Waals surface area contributed by atoms with Crippen LogP contribution >= 0.6 is 11.8 Å². The van der Waals surface area contributed by atoms with E-state index in [0.29, 0.717) is 10.9 Å². The average molecular weight is 357 g/mol. The summed E-state index contributed by atoms with van der Waals surface area (Å²) in [7, 11) is 0. The lowest BCUT2D eigenvalue weighted by atomic mass is 10.1. The van der Waals surface area contributed by atoms with E-state index in [-0.39, 0.29) is 17.2 Å². The van der Waals surface area contributed by atoms with Crippen molar-refractivity contribution >= 4 is 29.1 Å². The van der Waals surface area contributed by atoms with Crippen molar-refractivity contribution in [2.75, 3.05) is 11.1 Å². The van der Waals surface area contributed by atoms with Gasteiger partial charge in [0.05, 0.1) is 5.75 Å². The Labute approximate surface area is 148 Å². The summed E-state index contributed by atoms with van der Waals surface area (Å²) >= 11 is 1.26. The quantitative estimate of drug-likeness (QED) is 0.634. The van der Waals surface area contributed by atoms with Crippen molar-refractivity contribution in [2.45, 2.75) is 31.3 Å². The predicted molar refractivity (Wildman–Crippen MR) is 98.0 cm³/mol. The molecule has 7 nitrogen and oxygen atoms in total. The van der Waals surface area contributed by atoms with Gasteiger partial charge >= 0.3 is 0 Å². The molecule has 3 aromatic rings. The van der Waals surface area contributed by atoms with Crippen LogP contribution in [-0.2, 0) is 11.2 Å². The van der Waals surface area contributed by atoms with Crippen LogP contribution in [0.4, 0.5) is 5.69 Å². The number of nitrogens with one attached hydrogen (secondary N) is 2. The van der Waals surface area contributed by atoms with Crippen LogP contribution in [0.5, 0.6) is 0 Å². The third kappa shape index (κ3) is 4.48. The van der Waals surface area contributed by atoms with Gasteiger partial charge in [-0.05, 0) is 30.5 Å². The molecule has 0 unspecified atom stereocenters. The number of aromatic amines is 1. The van der Waals surface area contributed by atoms with Gasteiger partial charge in [0.25, 0.3) is 5.56 Å². The fraction of sp³-hybridized carbons (Fsp3) is 0.294. The molecular weight excluding hydrogens is 338 g/mol. The number of unbranched alkanes of at least 4 members (excludes halogenated alkanes) is 1. The van der Waals surface area contributed by atoms with E-state index in [2.05, 4.69) is 27.4 Å². The SMILES string of the molecule is CCCCc1ccc(NC(=O)CSc2nnc3[nH]c(=O)ccn23)cc1. The number of rotatable bonds is 7. The van der Waals surface area contributed by atoms with E-state index >= 15 is 0 Å². The number of carbonyl (C=O) groups is 1. The minimum atomic E-state index is -0.239. The third-order valence-corrected chi connectivity index (χ3v) is 4.61. The number of nitrogens with zero attached hydrogens (tertiary/aromatic N) is 3. The summed E-state index contributed by atoms with van der Waals surface area (Å²) in [6.07, 6.45) is 4.98. The Bertz CT molecular complexity index is 917. The zero-order chi connectivity index (χ0) is 17.6. The van der Waals surface area contributed by atoms with E-state index in [1.54, 1.807) is 10.6 Å². The summed E-state index contributed by atoms with van der Waals surface area (Å²) in [5.74, 6) is 0.447. The number of anilines is 1. The number of H-pyrrole nitrogens is 1. The number of benzene rings is 1. The number of aryl methyl sites for hydroxylation is 1. The van der Waals surface area contributed by atoms with Crippen LogP contribution in [0.2, 0.25) is 0 Å². The van der Waals surface area contributed by atoms with Crippen LogP contribution in [0.25, 0.3) is 5.78 Å². The van der Waals surface area contributed by atoms with Crippen molar-refractivity contribution in [2.24, 2.45) is 0 Å². The Morgan fingerprint density at radius 2 is 2.04 bits per heavy atom. The second-order valence-corrected chi connectivity index (χ2v) is 6.56. The molecule has 1 amide bonds. The molecule has 0 aliphatic heterocycles. The Balaban J connectivity index is 1.56. The minimum absolute atomic E-state index is 0.118. The summed E-state index contributed by atoms with van der Waals surface area (Å²) in [5, 5.41) is 11.3. The van der Waals surface area contributed by atoms with Crippen molar-refractivity contribution in [3.8, 4) is 0 Å². The van der Waals surface area contributed by atoms with Gasteiger partial charge in [-0.15, -0.1) is 10.2 Å². The molecule has 0 radical (unpaired) electrons. The first-order valence-corrected chi connectivity index (χ1v) is 9.10. The standard InChI is InChI=1S/C17H19N5O2S/c1-2-3-4-12-5-7-13(8-6-12)18-15(24)11-25-17-21-20-16-19-14(23)9-10-22(16)17/h5-10H,2-4,11H2,1H3,(H,18,24)(H,19,20,23). The maximum atomic E-state index is 12.1. The molecular formula is C17H19N5O2S. The Morgan fingerprint density at radius 3 is 2.80 bits per heavy atom. The molecule has 0 aliphatic rings. The highest BCUT2D eigenvalue weighted by Gasteiger charge is 2.10. The van der Waals surface area contributed by atoms with Crippen LogP contribution in [0.1, 0.15) is 25.3 Å². The molecule has 0 aliphatic carbocycles. The zero-order valence-electron chi connectivity index (χ0n) is 13.9. The van der Waals surface area contributed by atoms with Gasteiger partial charge in [0.15, 0.2) is 5.16 Å². The maximum absolute atomic E-state index is 12.1. The molecule has 3 rings (SSSR count). The summed E-state index contributed by atoms with van der Waals surface area (Å²) in [6, 6.07) is 9.32. The van der Waals surface area contributed by atoms with Crippen LogP contribution in [-0.4, -0.2) is 31.2 Å². The summed E-state index contributed by atoms with van der Waals surface area (Å²) in [5.41, 5.74) is 1.82. The second kappa shape index (κ2) is 7.98. The van der Waals surface area contributed by atoms with Gasteiger partial charge in [-0.3, -0.25) is 19.0 Å². The highest BCUT2D eigenvalue weighted by Crippen LogP contribution is 2.16. The third-order valence-electron chi connectivity index (χ3n) is 3.66. The first kappa shape index (κ1) is 17.2. The molecule has 130 valence electrons. The molecule has 0 saturated heterocycles. The first-order valence-electron chi connectivity index (χ1n) is 8.11. The summed E-state index contributed by atoms with van der Waals surface area (Å²) < 4.78 is 1.64. The summed E-state index contributed by atoms with van der Waals surface area (Å²) in [6.45, 7) is 2.17. The van der Waals surface area contributed by atoms with E-state index in [0.717, 1.165) is 12.1 Å². The summed E-state index contributed by atoms with van der Waals surface area (Å²) in [4.78, 5) is 25.9. The molecule has 1 aromatic carbocycles. The van der Waals surface area contributed by atoms with E-state index in [1.807, 2.05) is 24.3 Å². The topological polar surface area (TPSA) is 92.2 Å². The molecule has 0 bridgehead atoms. The smallest absolute Gasteiger partial charge is 0.252 e. The maximum Gasteiger partial charge on any atom is 0.252 e. The van der Waals surface area contributed by atoms with Gasteiger partial charge in [0.2, 0.25) is 11.7 Å². The Morgan fingerprint density at radius 1 is 1.24 bits per heavy atom. The van der Waals surface area contributed by atoms with Gasteiger partial charge in [0.1, 0.15) is 0 Å². The van der Waals surface area contributed by atoms with Gasteiger partial charge in [-0.2, -0.15) is 0 Å². The number of hydrogen-bond donors (Lipinski definition) is 2. The Hall–Kier alpha value is -2.61. The highest BCUT2D eigenvalue weighted by molar-refractivity contribution is 7.99. The lowest BCUT2D eigenvalue weighted by Crippen LogP contribution is -2.14. The molecule has 0 atom stereocenters. The lowest BCUT2D eigenvalue weighted by molar-refractivity contribution is -0.113. The van der Waals surface area contributed by atoms with Crippen LogP contribution in [0, 0.1) is 0 Å². The fourth-order valence-corrected chi connectivity index (χ4v) is 3.07. The number of amides is 1. The van der Waals surface area contributed by atoms with Crippen LogP contribution < -0.4 is 10.9 Å². The Kier molecular flexibility index (Phi) is 5.49. The first-order chi connectivity index (χ1) is 12.2.